The Morgan fingerprint density at radius 2 is 1.73 bits per heavy atom. The number of benzene rings is 1. The van der Waals surface area contributed by atoms with Crippen LogP contribution in [0, 0.1) is 5.82 Å². The summed E-state index contributed by atoms with van der Waals surface area (Å²) < 4.78 is 52.5. The number of piperazine rings is 1. The molecule has 33 heavy (non-hydrogen) atoms. The van der Waals surface area contributed by atoms with Crippen LogP contribution >= 0.6 is 11.6 Å². The lowest BCUT2D eigenvalue weighted by molar-refractivity contribution is -0.139. The molecule has 0 atom stereocenters. The number of pyridine rings is 1. The van der Waals surface area contributed by atoms with Gasteiger partial charge >= 0.3 is 6.18 Å². The molecule has 0 saturated carbocycles. The molecule has 1 saturated heterocycles. The standard InChI is InChI=1S/C21H20ClF4N7/c1-32-6-8-33(9-7-32)14-3-5-18(27-11-14)30-20-28-12-16(22)19(31-20)29-13-2-4-17(23)15(10-13)21(24,25)26/h2-5,10-12H,6-9H2,1H3,(H2,27,28,29,30,31). The van der Waals surface area contributed by atoms with Crippen molar-refractivity contribution in [3.63, 3.8) is 0 Å². The zero-order valence-electron chi connectivity index (χ0n) is 17.5. The van der Waals surface area contributed by atoms with Crippen LogP contribution in [0.25, 0.3) is 0 Å². The Morgan fingerprint density at radius 1 is 0.970 bits per heavy atom. The van der Waals surface area contributed by atoms with E-state index in [2.05, 4.69) is 42.4 Å². The van der Waals surface area contributed by atoms with Gasteiger partial charge in [-0.15, -0.1) is 0 Å². The number of nitrogens with zero attached hydrogens (tertiary/aromatic N) is 5. The number of aromatic nitrogens is 3. The van der Waals surface area contributed by atoms with E-state index in [0.717, 1.165) is 44.0 Å². The summed E-state index contributed by atoms with van der Waals surface area (Å²) in [5.74, 6) is -0.680. The van der Waals surface area contributed by atoms with Crippen molar-refractivity contribution >= 4 is 40.6 Å². The molecule has 0 aliphatic carbocycles. The molecule has 174 valence electrons. The van der Waals surface area contributed by atoms with Crippen molar-refractivity contribution in [1.82, 2.24) is 19.9 Å². The van der Waals surface area contributed by atoms with Crippen LogP contribution in [-0.2, 0) is 6.18 Å². The molecule has 1 aliphatic rings. The van der Waals surface area contributed by atoms with Crippen LogP contribution in [-0.4, -0.2) is 53.1 Å². The number of anilines is 5. The van der Waals surface area contributed by atoms with Gasteiger partial charge in [0.05, 0.1) is 23.6 Å². The number of rotatable bonds is 5. The van der Waals surface area contributed by atoms with Gasteiger partial charge in [-0.05, 0) is 37.4 Å². The largest absolute Gasteiger partial charge is 0.419 e. The molecule has 12 heteroatoms. The number of hydrogen-bond acceptors (Lipinski definition) is 7. The predicted molar refractivity (Wildman–Crippen MR) is 119 cm³/mol. The highest BCUT2D eigenvalue weighted by atomic mass is 35.5. The summed E-state index contributed by atoms with van der Waals surface area (Å²) in [6.07, 6.45) is -1.78. The molecule has 4 rings (SSSR count). The molecule has 7 nitrogen and oxygen atoms in total. The fourth-order valence-electron chi connectivity index (χ4n) is 3.30. The van der Waals surface area contributed by atoms with Crippen molar-refractivity contribution in [2.24, 2.45) is 0 Å². The van der Waals surface area contributed by atoms with E-state index < -0.39 is 17.6 Å². The summed E-state index contributed by atoms with van der Waals surface area (Å²) in [6.45, 7) is 3.79. The van der Waals surface area contributed by atoms with Gasteiger partial charge in [-0.2, -0.15) is 18.2 Å². The van der Waals surface area contributed by atoms with Gasteiger partial charge in [-0.3, -0.25) is 0 Å². The van der Waals surface area contributed by atoms with Crippen LogP contribution in [0.2, 0.25) is 5.02 Å². The average Bonchev–Trinajstić information content (AvgIpc) is 2.78. The molecule has 1 fully saturated rings. The Bertz CT molecular complexity index is 1120. The van der Waals surface area contributed by atoms with E-state index in [1.54, 1.807) is 12.3 Å². The molecule has 1 aliphatic heterocycles. The Balaban J connectivity index is 1.48. The van der Waals surface area contributed by atoms with E-state index in [-0.39, 0.29) is 22.5 Å². The molecule has 3 aromatic rings. The van der Waals surface area contributed by atoms with Crippen molar-refractivity contribution in [2.75, 3.05) is 48.8 Å². The molecule has 0 bridgehead atoms. The van der Waals surface area contributed by atoms with Gasteiger partial charge in [0.1, 0.15) is 16.7 Å². The van der Waals surface area contributed by atoms with E-state index >= 15 is 0 Å². The summed E-state index contributed by atoms with van der Waals surface area (Å²) in [7, 11) is 2.09. The first kappa shape index (κ1) is 23.0. The van der Waals surface area contributed by atoms with E-state index in [1.165, 1.54) is 6.20 Å². The summed E-state index contributed by atoms with van der Waals surface area (Å²) in [5, 5.41) is 5.69. The summed E-state index contributed by atoms with van der Waals surface area (Å²) in [6, 6.07) is 6.26. The van der Waals surface area contributed by atoms with Crippen LogP contribution in [0.4, 0.5) is 46.5 Å². The van der Waals surface area contributed by atoms with E-state index in [1.807, 2.05) is 6.07 Å². The number of likely N-dealkylation sites (N-methyl/N-ethyl adjacent to an activating group) is 1. The van der Waals surface area contributed by atoms with Crippen molar-refractivity contribution in [3.8, 4) is 0 Å². The van der Waals surface area contributed by atoms with Crippen LogP contribution < -0.4 is 15.5 Å². The molecule has 0 unspecified atom stereocenters. The fourth-order valence-corrected chi connectivity index (χ4v) is 3.44. The molecule has 3 heterocycles. The molecular formula is C21H20ClF4N7. The maximum Gasteiger partial charge on any atom is 0.419 e. The van der Waals surface area contributed by atoms with Gasteiger partial charge < -0.3 is 20.4 Å². The molecule has 0 amide bonds. The first-order valence-corrected chi connectivity index (χ1v) is 10.4. The zero-order chi connectivity index (χ0) is 23.6. The lowest BCUT2D eigenvalue weighted by Crippen LogP contribution is -2.44. The van der Waals surface area contributed by atoms with Gasteiger partial charge in [-0.1, -0.05) is 11.6 Å². The molecular weight excluding hydrogens is 462 g/mol. The second-order valence-corrected chi connectivity index (χ2v) is 7.93. The monoisotopic (exact) mass is 481 g/mol. The minimum absolute atomic E-state index is 0.0232. The Kier molecular flexibility index (Phi) is 6.52. The number of hydrogen-bond donors (Lipinski definition) is 2. The maximum absolute atomic E-state index is 13.5. The number of alkyl halides is 3. The third-order valence-electron chi connectivity index (χ3n) is 5.13. The lowest BCUT2D eigenvalue weighted by atomic mass is 10.2. The van der Waals surface area contributed by atoms with Gasteiger partial charge in [0.25, 0.3) is 0 Å². The zero-order valence-corrected chi connectivity index (χ0v) is 18.3. The van der Waals surface area contributed by atoms with Crippen molar-refractivity contribution in [2.45, 2.75) is 6.18 Å². The molecule has 2 aromatic heterocycles. The van der Waals surface area contributed by atoms with Crippen molar-refractivity contribution in [3.05, 3.63) is 59.1 Å². The third-order valence-corrected chi connectivity index (χ3v) is 5.41. The molecule has 0 spiro atoms. The normalized spacial score (nSPS) is 14.9. The van der Waals surface area contributed by atoms with Gasteiger partial charge in [0, 0.05) is 31.9 Å². The first-order chi connectivity index (χ1) is 15.7. The van der Waals surface area contributed by atoms with Crippen LogP contribution in [0.5, 0.6) is 0 Å². The summed E-state index contributed by atoms with van der Waals surface area (Å²) >= 11 is 6.09. The van der Waals surface area contributed by atoms with Crippen molar-refractivity contribution < 1.29 is 17.6 Å². The minimum atomic E-state index is -4.83. The first-order valence-electron chi connectivity index (χ1n) is 10.0. The maximum atomic E-state index is 13.5. The highest BCUT2D eigenvalue weighted by Gasteiger charge is 2.34. The number of halogens is 5. The van der Waals surface area contributed by atoms with E-state index in [0.29, 0.717) is 11.9 Å². The average molecular weight is 482 g/mol. The third kappa shape index (κ3) is 5.60. The van der Waals surface area contributed by atoms with E-state index in [4.69, 9.17) is 11.6 Å². The minimum Gasteiger partial charge on any atom is -0.368 e. The topological polar surface area (TPSA) is 69.2 Å². The van der Waals surface area contributed by atoms with Crippen LogP contribution in [0.1, 0.15) is 5.56 Å². The Labute approximate surface area is 192 Å². The van der Waals surface area contributed by atoms with E-state index in [9.17, 15) is 17.6 Å². The lowest BCUT2D eigenvalue weighted by Gasteiger charge is -2.33. The predicted octanol–water partition coefficient (Wildman–Crippen LogP) is 4.92. The smallest absolute Gasteiger partial charge is 0.368 e. The van der Waals surface area contributed by atoms with Gasteiger partial charge in [0.15, 0.2) is 5.82 Å². The molecule has 0 radical (unpaired) electrons. The SMILES string of the molecule is CN1CCN(c2ccc(Nc3ncc(Cl)c(Nc4ccc(F)c(C(F)(F)F)c4)n3)nc2)CC1. The second-order valence-electron chi connectivity index (χ2n) is 7.52. The van der Waals surface area contributed by atoms with Crippen molar-refractivity contribution in [1.29, 1.82) is 0 Å². The Morgan fingerprint density at radius 3 is 2.39 bits per heavy atom. The van der Waals surface area contributed by atoms with Crippen LogP contribution in [0.3, 0.4) is 0 Å². The summed E-state index contributed by atoms with van der Waals surface area (Å²) in [5.41, 5.74) is -0.407. The molecule has 1 aromatic carbocycles. The highest BCUT2D eigenvalue weighted by molar-refractivity contribution is 6.32. The van der Waals surface area contributed by atoms with Crippen LogP contribution in [0.15, 0.2) is 42.7 Å². The quantitative estimate of drug-likeness (QED) is 0.501. The highest BCUT2D eigenvalue weighted by Crippen LogP contribution is 2.34. The van der Waals surface area contributed by atoms with Gasteiger partial charge in [-0.25, -0.2) is 14.4 Å². The number of nitrogens with one attached hydrogen (secondary N) is 2. The Hall–Kier alpha value is -3.18. The fraction of sp³-hybridized carbons (Fsp3) is 0.286. The second kappa shape index (κ2) is 9.36. The summed E-state index contributed by atoms with van der Waals surface area (Å²) in [4.78, 5) is 17.2. The molecule has 2 N–H and O–H groups in total. The van der Waals surface area contributed by atoms with Gasteiger partial charge in [0.2, 0.25) is 5.95 Å².